The molecule has 1 aliphatic heterocycles. The highest BCUT2D eigenvalue weighted by Gasteiger charge is 2.28. The summed E-state index contributed by atoms with van der Waals surface area (Å²) >= 11 is 0. The molecule has 0 spiro atoms. The average molecular weight is 263 g/mol. The number of hydrogen-bond donors (Lipinski definition) is 2. The van der Waals surface area contributed by atoms with Gasteiger partial charge in [-0.1, -0.05) is 35.5 Å². The number of nitroso groups, excluding NO2 is 1. The highest BCUT2D eigenvalue weighted by atomic mass is 16.5. The van der Waals surface area contributed by atoms with Gasteiger partial charge in [-0.15, -0.1) is 0 Å². The summed E-state index contributed by atoms with van der Waals surface area (Å²) in [6, 6.07) is 9.20. The van der Waals surface area contributed by atoms with Crippen molar-refractivity contribution in [3.63, 3.8) is 0 Å². The van der Waals surface area contributed by atoms with Crippen molar-refractivity contribution < 1.29 is 9.53 Å². The Morgan fingerprint density at radius 3 is 2.89 bits per heavy atom. The van der Waals surface area contributed by atoms with E-state index in [9.17, 15) is 9.70 Å². The van der Waals surface area contributed by atoms with Crippen molar-refractivity contribution in [3.8, 4) is 0 Å². The normalized spacial score (nSPS) is 21.9. The largest absolute Gasteiger partial charge is 0.445 e. The maximum atomic E-state index is 11.5. The van der Waals surface area contributed by atoms with Crippen molar-refractivity contribution in [2.24, 2.45) is 11.1 Å². The molecule has 6 heteroatoms. The number of nitrogens with zero attached hydrogens (tertiary/aromatic N) is 1. The van der Waals surface area contributed by atoms with Crippen molar-refractivity contribution >= 4 is 6.09 Å². The third kappa shape index (κ3) is 4.03. The van der Waals surface area contributed by atoms with Gasteiger partial charge in [0.25, 0.3) is 0 Å². The van der Waals surface area contributed by atoms with Gasteiger partial charge in [-0.05, 0) is 5.56 Å². The molecular weight excluding hydrogens is 246 g/mol. The van der Waals surface area contributed by atoms with Crippen LogP contribution >= 0.6 is 0 Å². The van der Waals surface area contributed by atoms with Crippen molar-refractivity contribution in [1.82, 2.24) is 10.6 Å². The van der Waals surface area contributed by atoms with Crippen LogP contribution in [0.2, 0.25) is 0 Å². The summed E-state index contributed by atoms with van der Waals surface area (Å²) in [5.41, 5.74) is 0.938. The maximum absolute atomic E-state index is 11.5. The molecular formula is C13H17N3O3. The van der Waals surface area contributed by atoms with Gasteiger partial charge >= 0.3 is 6.09 Å². The Morgan fingerprint density at radius 1 is 1.37 bits per heavy atom. The zero-order chi connectivity index (χ0) is 13.5. The summed E-state index contributed by atoms with van der Waals surface area (Å²) in [7, 11) is 0. The van der Waals surface area contributed by atoms with Gasteiger partial charge in [-0.2, -0.15) is 4.91 Å². The third-order valence-electron chi connectivity index (χ3n) is 3.16. The van der Waals surface area contributed by atoms with E-state index in [2.05, 4.69) is 15.8 Å². The van der Waals surface area contributed by atoms with E-state index in [-0.39, 0.29) is 18.6 Å². The number of hydrogen-bond acceptors (Lipinski definition) is 5. The number of amides is 1. The number of benzene rings is 1. The van der Waals surface area contributed by atoms with Crippen LogP contribution in [0.1, 0.15) is 5.56 Å². The zero-order valence-corrected chi connectivity index (χ0v) is 10.5. The molecule has 2 atom stereocenters. The highest BCUT2D eigenvalue weighted by Crippen LogP contribution is 2.11. The lowest BCUT2D eigenvalue weighted by Crippen LogP contribution is -2.34. The Balaban J connectivity index is 1.69. The predicted molar refractivity (Wildman–Crippen MR) is 70.6 cm³/mol. The van der Waals surface area contributed by atoms with Gasteiger partial charge < -0.3 is 15.4 Å². The Hall–Kier alpha value is -1.95. The fraction of sp³-hybridized carbons (Fsp3) is 0.462. The van der Waals surface area contributed by atoms with Crippen LogP contribution in [0, 0.1) is 10.8 Å². The molecule has 102 valence electrons. The van der Waals surface area contributed by atoms with Crippen LogP contribution in [0.5, 0.6) is 0 Å². The van der Waals surface area contributed by atoms with E-state index >= 15 is 0 Å². The molecule has 19 heavy (non-hydrogen) atoms. The SMILES string of the molecule is O=NC1CNC[C@@H]1CNC(=O)OCc1ccccc1. The van der Waals surface area contributed by atoms with Gasteiger partial charge in [0.2, 0.25) is 0 Å². The zero-order valence-electron chi connectivity index (χ0n) is 10.5. The molecule has 1 aromatic carbocycles. The van der Waals surface area contributed by atoms with Crippen molar-refractivity contribution in [3.05, 3.63) is 40.8 Å². The number of carbonyl (C=O) groups is 1. The molecule has 0 aliphatic carbocycles. The summed E-state index contributed by atoms with van der Waals surface area (Å²) in [4.78, 5) is 22.0. The topological polar surface area (TPSA) is 79.8 Å². The minimum atomic E-state index is -0.472. The first kappa shape index (κ1) is 13.5. The highest BCUT2D eigenvalue weighted by molar-refractivity contribution is 5.67. The van der Waals surface area contributed by atoms with Gasteiger partial charge in [0.1, 0.15) is 12.6 Å². The molecule has 1 amide bonds. The molecule has 2 N–H and O–H groups in total. The number of alkyl carbamates (subject to hydrolysis) is 1. The van der Waals surface area contributed by atoms with E-state index in [4.69, 9.17) is 4.74 Å². The van der Waals surface area contributed by atoms with Gasteiger partial charge in [-0.25, -0.2) is 4.79 Å². The van der Waals surface area contributed by atoms with E-state index in [1.165, 1.54) is 0 Å². The molecule has 0 bridgehead atoms. The molecule has 1 saturated heterocycles. The first-order valence-corrected chi connectivity index (χ1v) is 6.27. The summed E-state index contributed by atoms with van der Waals surface area (Å²) < 4.78 is 5.08. The molecule has 2 rings (SSSR count). The number of nitrogens with one attached hydrogen (secondary N) is 2. The minimum absolute atomic E-state index is 0.0433. The van der Waals surface area contributed by atoms with Gasteiger partial charge in [0, 0.05) is 25.6 Å². The third-order valence-corrected chi connectivity index (χ3v) is 3.16. The Kier molecular flexibility index (Phi) is 4.85. The molecule has 1 heterocycles. The van der Waals surface area contributed by atoms with Crippen LogP contribution in [0.4, 0.5) is 4.79 Å². The molecule has 1 fully saturated rings. The lowest BCUT2D eigenvalue weighted by atomic mass is 10.1. The van der Waals surface area contributed by atoms with Crippen LogP contribution in [0.15, 0.2) is 35.5 Å². The van der Waals surface area contributed by atoms with Gasteiger partial charge in [0.05, 0.1) is 0 Å². The lowest BCUT2D eigenvalue weighted by molar-refractivity contribution is 0.138. The predicted octanol–water partition coefficient (Wildman–Crippen LogP) is 1.27. The van der Waals surface area contributed by atoms with E-state index in [1.807, 2.05) is 30.3 Å². The van der Waals surface area contributed by atoms with Crippen molar-refractivity contribution in [1.29, 1.82) is 0 Å². The van der Waals surface area contributed by atoms with Crippen LogP contribution in [0.25, 0.3) is 0 Å². The van der Waals surface area contributed by atoms with Crippen LogP contribution in [0.3, 0.4) is 0 Å². The van der Waals surface area contributed by atoms with Crippen LogP contribution in [-0.2, 0) is 11.3 Å². The van der Waals surface area contributed by atoms with E-state index in [0.717, 1.165) is 5.56 Å². The standard InChI is InChI=1S/C13H17N3O3/c17-13(19-9-10-4-2-1-3-5-10)15-7-11-6-14-8-12(11)16-18/h1-5,11-12,14H,6-9H2,(H,15,17)/t11-,12?/m1/s1. The minimum Gasteiger partial charge on any atom is -0.445 e. The summed E-state index contributed by atoms with van der Waals surface area (Å²) in [6.07, 6.45) is -0.472. The monoisotopic (exact) mass is 263 g/mol. The molecule has 1 aromatic rings. The van der Waals surface area contributed by atoms with E-state index in [0.29, 0.717) is 19.6 Å². The quantitative estimate of drug-likeness (QED) is 0.784. The average Bonchev–Trinajstić information content (AvgIpc) is 2.91. The summed E-state index contributed by atoms with van der Waals surface area (Å²) in [5.74, 6) is 0.0433. The van der Waals surface area contributed by atoms with Crippen LogP contribution < -0.4 is 10.6 Å². The maximum Gasteiger partial charge on any atom is 0.407 e. The fourth-order valence-electron chi connectivity index (χ4n) is 2.04. The molecule has 0 radical (unpaired) electrons. The van der Waals surface area contributed by atoms with Gasteiger partial charge in [0.15, 0.2) is 0 Å². The van der Waals surface area contributed by atoms with E-state index in [1.54, 1.807) is 0 Å². The summed E-state index contributed by atoms with van der Waals surface area (Å²) in [5, 5.41) is 8.76. The molecule has 6 nitrogen and oxygen atoms in total. The number of rotatable bonds is 5. The first-order valence-electron chi connectivity index (χ1n) is 6.27. The first-order chi connectivity index (χ1) is 9.29. The molecule has 1 aliphatic rings. The fourth-order valence-corrected chi connectivity index (χ4v) is 2.04. The number of carbonyl (C=O) groups excluding carboxylic acids is 1. The van der Waals surface area contributed by atoms with Gasteiger partial charge in [-0.3, -0.25) is 0 Å². The van der Waals surface area contributed by atoms with Crippen LogP contribution in [-0.4, -0.2) is 31.8 Å². The smallest absolute Gasteiger partial charge is 0.407 e. The van der Waals surface area contributed by atoms with Crippen molar-refractivity contribution in [2.75, 3.05) is 19.6 Å². The van der Waals surface area contributed by atoms with E-state index < -0.39 is 6.09 Å². The number of ether oxygens (including phenoxy) is 1. The second-order valence-electron chi connectivity index (χ2n) is 4.53. The second-order valence-corrected chi connectivity index (χ2v) is 4.53. The molecule has 1 unspecified atom stereocenters. The molecule has 0 aromatic heterocycles. The summed E-state index contributed by atoms with van der Waals surface area (Å²) in [6.45, 7) is 1.91. The Morgan fingerprint density at radius 2 is 2.16 bits per heavy atom. The Bertz CT molecular complexity index is 424. The molecule has 0 saturated carbocycles. The Labute approximate surface area is 111 Å². The second kappa shape index (κ2) is 6.84. The van der Waals surface area contributed by atoms with Crippen molar-refractivity contribution in [2.45, 2.75) is 12.6 Å². The lowest BCUT2D eigenvalue weighted by Gasteiger charge is -2.13.